The molecule has 0 aliphatic heterocycles. The summed E-state index contributed by atoms with van der Waals surface area (Å²) in [6.07, 6.45) is 1.13. The lowest BCUT2D eigenvalue weighted by atomic mass is 10.0. The van der Waals surface area contributed by atoms with Crippen molar-refractivity contribution in [3.8, 4) is 11.3 Å². The molecule has 4 nitrogen and oxygen atoms in total. The molecule has 0 saturated heterocycles. The zero-order chi connectivity index (χ0) is 12.1. The third-order valence-electron chi connectivity index (χ3n) is 2.48. The van der Waals surface area contributed by atoms with E-state index in [-0.39, 0.29) is 6.42 Å². The van der Waals surface area contributed by atoms with Gasteiger partial charge in [-0.05, 0) is 0 Å². The average Bonchev–Trinajstić information content (AvgIpc) is 2.75. The van der Waals surface area contributed by atoms with E-state index >= 15 is 0 Å². The average molecular weight is 231 g/mol. The molecule has 0 N–H and O–H groups in total. The van der Waals surface area contributed by atoms with Crippen LogP contribution in [0, 0.1) is 0 Å². The van der Waals surface area contributed by atoms with Crippen LogP contribution in [0.3, 0.4) is 0 Å². The Hall–Kier alpha value is -1.94. The fourth-order valence-corrected chi connectivity index (χ4v) is 1.70. The predicted molar refractivity (Wildman–Crippen MR) is 62.4 cm³/mol. The van der Waals surface area contributed by atoms with Crippen LogP contribution >= 0.6 is 0 Å². The topological polar surface area (TPSA) is 52.3 Å². The first kappa shape index (κ1) is 11.5. The van der Waals surface area contributed by atoms with Crippen LogP contribution in [-0.4, -0.2) is 18.6 Å². The zero-order valence-corrected chi connectivity index (χ0v) is 9.55. The summed E-state index contributed by atoms with van der Waals surface area (Å²) in [6, 6.07) is 9.64. The highest BCUT2D eigenvalue weighted by molar-refractivity contribution is 5.68. The van der Waals surface area contributed by atoms with Gasteiger partial charge in [0.2, 0.25) is 0 Å². The highest BCUT2D eigenvalue weighted by Gasteiger charge is 2.16. The number of ether oxygens (including phenoxy) is 1. The summed E-state index contributed by atoms with van der Waals surface area (Å²) in [6.45, 7) is 0.322. The molecule has 0 amide bonds. The normalized spacial score (nSPS) is 10.4. The number of carbonyl (C=O) groups excluding carboxylic acids is 1. The van der Waals surface area contributed by atoms with E-state index in [0.29, 0.717) is 18.1 Å². The number of hydrogen-bond donors (Lipinski definition) is 0. The van der Waals surface area contributed by atoms with Gasteiger partial charge in [0.15, 0.2) is 5.76 Å². The summed E-state index contributed by atoms with van der Waals surface area (Å²) in [4.78, 5) is 10.7. The minimum Gasteiger partial charge on any atom is -0.377 e. The third kappa shape index (κ3) is 2.42. The lowest BCUT2D eigenvalue weighted by Gasteiger charge is -1.99. The molecule has 1 aromatic heterocycles. The predicted octanol–water partition coefficient (Wildman–Crippen LogP) is 2.23. The van der Waals surface area contributed by atoms with Crippen molar-refractivity contribution in [2.45, 2.75) is 13.0 Å². The Labute approximate surface area is 99.2 Å². The lowest BCUT2D eigenvalue weighted by Crippen LogP contribution is -1.94. The minimum atomic E-state index is 0.284. The Morgan fingerprint density at radius 3 is 2.76 bits per heavy atom. The molecule has 0 unspecified atom stereocenters. The van der Waals surface area contributed by atoms with Gasteiger partial charge >= 0.3 is 0 Å². The molecule has 1 heterocycles. The van der Waals surface area contributed by atoms with Crippen LogP contribution in [0.25, 0.3) is 11.3 Å². The molecule has 17 heavy (non-hydrogen) atoms. The molecule has 0 radical (unpaired) electrons. The maximum atomic E-state index is 10.7. The van der Waals surface area contributed by atoms with Crippen molar-refractivity contribution in [3.05, 3.63) is 41.7 Å². The van der Waals surface area contributed by atoms with Gasteiger partial charge in [0, 0.05) is 24.7 Å². The molecular formula is C13H13NO3. The van der Waals surface area contributed by atoms with Crippen molar-refractivity contribution >= 4 is 6.29 Å². The molecule has 0 bridgehead atoms. The van der Waals surface area contributed by atoms with E-state index < -0.39 is 0 Å². The molecule has 0 aliphatic carbocycles. The fraction of sp³-hybridized carbons (Fsp3) is 0.231. The monoisotopic (exact) mass is 231 g/mol. The number of hydrogen-bond acceptors (Lipinski definition) is 4. The minimum absolute atomic E-state index is 0.284. The van der Waals surface area contributed by atoms with Gasteiger partial charge in [-0.3, -0.25) is 0 Å². The Bertz CT molecular complexity index is 491. The second kappa shape index (κ2) is 5.41. The van der Waals surface area contributed by atoms with E-state index in [1.54, 1.807) is 7.11 Å². The van der Waals surface area contributed by atoms with Gasteiger partial charge in [-0.2, -0.15) is 0 Å². The number of aldehydes is 1. The van der Waals surface area contributed by atoms with E-state index in [9.17, 15) is 4.79 Å². The second-order valence-corrected chi connectivity index (χ2v) is 3.60. The van der Waals surface area contributed by atoms with Crippen LogP contribution in [0.1, 0.15) is 11.3 Å². The summed E-state index contributed by atoms with van der Waals surface area (Å²) in [5.41, 5.74) is 2.45. The van der Waals surface area contributed by atoms with Gasteiger partial charge in [-0.25, -0.2) is 0 Å². The van der Waals surface area contributed by atoms with Gasteiger partial charge in [0.05, 0.1) is 0 Å². The van der Waals surface area contributed by atoms with Crippen LogP contribution in [-0.2, 0) is 22.6 Å². The summed E-state index contributed by atoms with van der Waals surface area (Å²) in [5.74, 6) is 0.610. The van der Waals surface area contributed by atoms with Gasteiger partial charge in [0.25, 0.3) is 0 Å². The Morgan fingerprint density at radius 2 is 2.12 bits per heavy atom. The Morgan fingerprint density at radius 1 is 1.35 bits per heavy atom. The molecule has 0 aliphatic rings. The first-order valence-corrected chi connectivity index (χ1v) is 5.32. The van der Waals surface area contributed by atoms with E-state index in [1.807, 2.05) is 30.3 Å². The molecule has 0 saturated carbocycles. The van der Waals surface area contributed by atoms with E-state index in [1.165, 1.54) is 0 Å². The van der Waals surface area contributed by atoms with Crippen LogP contribution in [0.2, 0.25) is 0 Å². The van der Waals surface area contributed by atoms with Crippen molar-refractivity contribution < 1.29 is 14.1 Å². The standard InChI is InChI=1S/C13H13NO3/c1-16-9-12-11(7-8-15)13(14-17-12)10-5-3-2-4-6-10/h2-6,8H,7,9H2,1H3. The van der Waals surface area contributed by atoms with Gasteiger partial charge in [-0.15, -0.1) is 0 Å². The first-order valence-electron chi connectivity index (χ1n) is 5.32. The third-order valence-corrected chi connectivity index (χ3v) is 2.48. The number of nitrogens with zero attached hydrogens (tertiary/aromatic N) is 1. The number of aromatic nitrogens is 1. The van der Waals surface area contributed by atoms with E-state index in [2.05, 4.69) is 5.16 Å². The van der Waals surface area contributed by atoms with E-state index in [4.69, 9.17) is 9.26 Å². The molecule has 1 aromatic carbocycles. The SMILES string of the molecule is COCc1onc(-c2ccccc2)c1CC=O. The maximum Gasteiger partial charge on any atom is 0.166 e. The first-order chi connectivity index (χ1) is 8.36. The molecule has 0 atom stereocenters. The highest BCUT2D eigenvalue weighted by Crippen LogP contribution is 2.25. The lowest BCUT2D eigenvalue weighted by molar-refractivity contribution is -0.107. The molecule has 2 rings (SSSR count). The van der Waals surface area contributed by atoms with Gasteiger partial charge < -0.3 is 14.1 Å². The maximum absolute atomic E-state index is 10.7. The quantitative estimate of drug-likeness (QED) is 0.740. The number of rotatable bonds is 5. The van der Waals surface area contributed by atoms with Crippen molar-refractivity contribution in [2.75, 3.05) is 7.11 Å². The van der Waals surface area contributed by atoms with Crippen molar-refractivity contribution in [3.63, 3.8) is 0 Å². The largest absolute Gasteiger partial charge is 0.377 e. The number of benzene rings is 1. The van der Waals surface area contributed by atoms with Crippen LogP contribution in [0.5, 0.6) is 0 Å². The Balaban J connectivity index is 2.43. The summed E-state index contributed by atoms with van der Waals surface area (Å²) in [5, 5.41) is 4.01. The van der Waals surface area contributed by atoms with Gasteiger partial charge in [-0.1, -0.05) is 35.5 Å². The molecule has 4 heteroatoms. The molecule has 2 aromatic rings. The van der Waals surface area contributed by atoms with Crippen molar-refractivity contribution in [1.29, 1.82) is 0 Å². The number of carbonyl (C=O) groups is 1. The Kier molecular flexibility index (Phi) is 3.67. The molecular weight excluding hydrogens is 218 g/mol. The fourth-order valence-electron chi connectivity index (χ4n) is 1.70. The van der Waals surface area contributed by atoms with Crippen LogP contribution in [0.15, 0.2) is 34.9 Å². The van der Waals surface area contributed by atoms with Crippen molar-refractivity contribution in [2.24, 2.45) is 0 Å². The smallest absolute Gasteiger partial charge is 0.166 e. The second-order valence-electron chi connectivity index (χ2n) is 3.60. The zero-order valence-electron chi connectivity index (χ0n) is 9.55. The van der Waals surface area contributed by atoms with Crippen LogP contribution < -0.4 is 0 Å². The number of methoxy groups -OCH3 is 1. The summed E-state index contributed by atoms with van der Waals surface area (Å²) < 4.78 is 10.2. The van der Waals surface area contributed by atoms with Gasteiger partial charge in [0.1, 0.15) is 18.6 Å². The molecule has 88 valence electrons. The van der Waals surface area contributed by atoms with Crippen LogP contribution in [0.4, 0.5) is 0 Å². The summed E-state index contributed by atoms with van der Waals surface area (Å²) in [7, 11) is 1.58. The highest BCUT2D eigenvalue weighted by atomic mass is 16.5. The summed E-state index contributed by atoms with van der Waals surface area (Å²) >= 11 is 0. The van der Waals surface area contributed by atoms with E-state index in [0.717, 1.165) is 17.4 Å². The van der Waals surface area contributed by atoms with Crippen molar-refractivity contribution in [1.82, 2.24) is 5.16 Å². The molecule has 0 spiro atoms. The molecule has 0 fully saturated rings.